The number of hydrogen-bond acceptors (Lipinski definition) is 4. The summed E-state index contributed by atoms with van der Waals surface area (Å²) in [7, 11) is 3.36. The van der Waals surface area contributed by atoms with Gasteiger partial charge in [0.1, 0.15) is 11.5 Å². The summed E-state index contributed by atoms with van der Waals surface area (Å²) >= 11 is 0. The third-order valence-electron chi connectivity index (χ3n) is 7.70. The van der Waals surface area contributed by atoms with Crippen LogP contribution < -0.4 is 9.47 Å². The van der Waals surface area contributed by atoms with Crippen LogP contribution in [0.4, 0.5) is 0 Å². The molecule has 0 saturated heterocycles. The van der Waals surface area contributed by atoms with Gasteiger partial charge in [-0.05, 0) is 83.3 Å². The van der Waals surface area contributed by atoms with E-state index < -0.39 is 0 Å². The van der Waals surface area contributed by atoms with Crippen molar-refractivity contribution in [2.24, 2.45) is 0 Å². The molecule has 0 atom stereocenters. The van der Waals surface area contributed by atoms with Gasteiger partial charge < -0.3 is 9.47 Å². The number of methoxy groups -OCH3 is 2. The van der Waals surface area contributed by atoms with Crippen molar-refractivity contribution < 1.29 is 9.47 Å². The zero-order valence-corrected chi connectivity index (χ0v) is 22.4. The molecule has 0 spiro atoms. The molecule has 1 aliphatic rings. The Morgan fingerprint density at radius 1 is 0.632 bits per heavy atom. The maximum atomic E-state index is 5.45. The minimum absolute atomic E-state index is 0.0981. The van der Waals surface area contributed by atoms with E-state index in [0.29, 0.717) is 0 Å². The lowest BCUT2D eigenvalue weighted by molar-refractivity contribution is 0.414. The SMILES string of the molecule is COc1ccc(-c2cnc(-c3ccc(OC)cc3C)c(-c3ccc4c(c3)C(C)(C)c3ccccc3-4)n2)cc1. The van der Waals surface area contributed by atoms with Crippen LogP contribution in [0.25, 0.3) is 44.9 Å². The van der Waals surface area contributed by atoms with Gasteiger partial charge in [0.25, 0.3) is 0 Å². The summed E-state index contributed by atoms with van der Waals surface area (Å²) in [5.74, 6) is 1.64. The summed E-state index contributed by atoms with van der Waals surface area (Å²) in [5.41, 5.74) is 11.9. The first-order valence-electron chi connectivity index (χ1n) is 12.8. The lowest BCUT2D eigenvalue weighted by Crippen LogP contribution is -2.15. The highest BCUT2D eigenvalue weighted by molar-refractivity contribution is 5.86. The van der Waals surface area contributed by atoms with Gasteiger partial charge in [-0.25, -0.2) is 4.98 Å². The fourth-order valence-electron chi connectivity index (χ4n) is 5.57. The molecule has 4 aromatic carbocycles. The standard InChI is InChI=1S/C34H30N2O2/c1-21-18-25(38-5)15-17-26(21)33-32(36-31(20-35-33)22-10-13-24(37-4)14-11-22)23-12-16-28-27-8-6-7-9-29(27)34(2,3)30(28)19-23/h6-20H,1-5H3. The molecule has 0 fully saturated rings. The first kappa shape index (κ1) is 23.9. The maximum absolute atomic E-state index is 5.45. The van der Waals surface area contributed by atoms with Crippen molar-refractivity contribution in [3.05, 3.63) is 108 Å². The van der Waals surface area contributed by atoms with Crippen LogP contribution in [0.1, 0.15) is 30.5 Å². The third-order valence-corrected chi connectivity index (χ3v) is 7.70. The molecule has 38 heavy (non-hydrogen) atoms. The van der Waals surface area contributed by atoms with Crippen molar-refractivity contribution in [2.45, 2.75) is 26.2 Å². The molecule has 1 aliphatic carbocycles. The molecular weight excluding hydrogens is 468 g/mol. The summed E-state index contributed by atoms with van der Waals surface area (Å²) in [6, 6.07) is 29.5. The summed E-state index contributed by atoms with van der Waals surface area (Å²) in [6.45, 7) is 6.69. The van der Waals surface area contributed by atoms with Crippen LogP contribution in [0.3, 0.4) is 0 Å². The van der Waals surface area contributed by atoms with Gasteiger partial charge in [-0.3, -0.25) is 4.98 Å². The predicted molar refractivity (Wildman–Crippen MR) is 154 cm³/mol. The molecule has 0 N–H and O–H groups in total. The third kappa shape index (κ3) is 3.84. The summed E-state index contributed by atoms with van der Waals surface area (Å²) in [6.07, 6.45) is 1.86. The van der Waals surface area contributed by atoms with Crippen molar-refractivity contribution in [2.75, 3.05) is 14.2 Å². The average Bonchev–Trinajstić information content (AvgIpc) is 3.19. The molecule has 0 radical (unpaired) electrons. The quantitative estimate of drug-likeness (QED) is 0.245. The van der Waals surface area contributed by atoms with E-state index in [0.717, 1.165) is 50.8 Å². The molecule has 0 unspecified atom stereocenters. The normalized spacial score (nSPS) is 13.1. The topological polar surface area (TPSA) is 44.2 Å². The second-order valence-electron chi connectivity index (χ2n) is 10.3. The van der Waals surface area contributed by atoms with Crippen LogP contribution in [0.2, 0.25) is 0 Å². The van der Waals surface area contributed by atoms with Crippen LogP contribution in [-0.2, 0) is 5.41 Å². The minimum atomic E-state index is -0.0981. The Balaban J connectivity index is 1.55. The van der Waals surface area contributed by atoms with Crippen molar-refractivity contribution in [3.63, 3.8) is 0 Å². The fourth-order valence-corrected chi connectivity index (χ4v) is 5.57. The molecule has 5 aromatic rings. The van der Waals surface area contributed by atoms with Crippen LogP contribution >= 0.6 is 0 Å². The molecule has 4 heteroatoms. The summed E-state index contributed by atoms with van der Waals surface area (Å²) in [5, 5.41) is 0. The molecule has 0 amide bonds. The number of aryl methyl sites for hydroxylation is 1. The summed E-state index contributed by atoms with van der Waals surface area (Å²) < 4.78 is 10.8. The number of hydrogen-bond donors (Lipinski definition) is 0. The van der Waals surface area contributed by atoms with Gasteiger partial charge in [-0.1, -0.05) is 50.2 Å². The Labute approximate surface area is 224 Å². The van der Waals surface area contributed by atoms with Crippen molar-refractivity contribution >= 4 is 0 Å². The molecule has 1 aromatic heterocycles. The van der Waals surface area contributed by atoms with Gasteiger partial charge >= 0.3 is 0 Å². The summed E-state index contributed by atoms with van der Waals surface area (Å²) in [4.78, 5) is 10.2. The van der Waals surface area contributed by atoms with Crippen LogP contribution in [-0.4, -0.2) is 24.2 Å². The number of fused-ring (bicyclic) bond motifs is 3. The highest BCUT2D eigenvalue weighted by Gasteiger charge is 2.35. The molecule has 0 saturated carbocycles. The van der Waals surface area contributed by atoms with E-state index in [1.165, 1.54) is 22.3 Å². The molecule has 188 valence electrons. The van der Waals surface area contributed by atoms with Gasteiger partial charge in [-0.15, -0.1) is 0 Å². The maximum Gasteiger partial charge on any atom is 0.119 e. The molecule has 4 nitrogen and oxygen atoms in total. The zero-order chi connectivity index (χ0) is 26.4. The van der Waals surface area contributed by atoms with Gasteiger partial charge in [0.2, 0.25) is 0 Å². The Bertz CT molecular complexity index is 1670. The lowest BCUT2D eigenvalue weighted by Gasteiger charge is -2.22. The van der Waals surface area contributed by atoms with E-state index in [-0.39, 0.29) is 5.41 Å². The van der Waals surface area contributed by atoms with Gasteiger partial charge in [0.05, 0.1) is 37.5 Å². The fraction of sp³-hybridized carbons (Fsp3) is 0.176. The highest BCUT2D eigenvalue weighted by Crippen LogP contribution is 2.49. The molecular formula is C34H30N2O2. The van der Waals surface area contributed by atoms with E-state index in [9.17, 15) is 0 Å². The second-order valence-corrected chi connectivity index (χ2v) is 10.3. The number of rotatable bonds is 5. The Morgan fingerprint density at radius 3 is 2.03 bits per heavy atom. The van der Waals surface area contributed by atoms with Gasteiger partial charge in [-0.2, -0.15) is 0 Å². The first-order chi connectivity index (χ1) is 18.4. The van der Waals surface area contributed by atoms with E-state index in [4.69, 9.17) is 19.4 Å². The monoisotopic (exact) mass is 498 g/mol. The van der Waals surface area contributed by atoms with Crippen LogP contribution in [0.15, 0.2) is 91.1 Å². The number of aromatic nitrogens is 2. The number of ether oxygens (including phenoxy) is 2. The van der Waals surface area contributed by atoms with E-state index in [2.05, 4.69) is 69.3 Å². The van der Waals surface area contributed by atoms with Crippen molar-refractivity contribution in [3.8, 4) is 56.4 Å². The zero-order valence-electron chi connectivity index (χ0n) is 22.4. The number of benzene rings is 4. The van der Waals surface area contributed by atoms with Crippen molar-refractivity contribution in [1.82, 2.24) is 9.97 Å². The average molecular weight is 499 g/mol. The minimum Gasteiger partial charge on any atom is -0.497 e. The second kappa shape index (κ2) is 9.14. The van der Waals surface area contributed by atoms with E-state index in [1.807, 2.05) is 42.6 Å². The Kier molecular flexibility index (Phi) is 5.76. The molecule has 6 rings (SSSR count). The van der Waals surface area contributed by atoms with E-state index >= 15 is 0 Å². The largest absolute Gasteiger partial charge is 0.497 e. The van der Waals surface area contributed by atoms with E-state index in [1.54, 1.807) is 14.2 Å². The molecule has 1 heterocycles. The Morgan fingerprint density at radius 2 is 1.29 bits per heavy atom. The molecule has 0 aliphatic heterocycles. The smallest absolute Gasteiger partial charge is 0.119 e. The van der Waals surface area contributed by atoms with Crippen LogP contribution in [0, 0.1) is 6.92 Å². The Hall–Kier alpha value is -4.44. The van der Waals surface area contributed by atoms with Gasteiger partial charge in [0, 0.05) is 22.1 Å². The number of nitrogens with zero attached hydrogens (tertiary/aromatic N) is 2. The highest BCUT2D eigenvalue weighted by atomic mass is 16.5. The van der Waals surface area contributed by atoms with Crippen molar-refractivity contribution in [1.29, 1.82) is 0 Å². The molecule has 0 bridgehead atoms. The predicted octanol–water partition coefficient (Wildman–Crippen LogP) is 8.11. The first-order valence-corrected chi connectivity index (χ1v) is 12.8. The van der Waals surface area contributed by atoms with Crippen LogP contribution in [0.5, 0.6) is 11.5 Å². The van der Waals surface area contributed by atoms with Gasteiger partial charge in [0.15, 0.2) is 0 Å². The lowest BCUT2D eigenvalue weighted by atomic mass is 9.81.